The third-order valence-corrected chi connectivity index (χ3v) is 7.16. The van der Waals surface area contributed by atoms with E-state index in [9.17, 15) is 9.59 Å². The molecule has 2 heterocycles. The van der Waals surface area contributed by atoms with Gasteiger partial charge in [0.1, 0.15) is 12.3 Å². The van der Waals surface area contributed by atoms with E-state index in [-0.39, 0.29) is 36.4 Å². The summed E-state index contributed by atoms with van der Waals surface area (Å²) in [4.78, 5) is 31.0. The maximum absolute atomic E-state index is 13.9. The van der Waals surface area contributed by atoms with Crippen LogP contribution in [0.1, 0.15) is 74.8 Å². The summed E-state index contributed by atoms with van der Waals surface area (Å²) in [6, 6.07) is 19.4. The molecular formula is C32H41N3O4. The van der Waals surface area contributed by atoms with Crippen molar-refractivity contribution >= 4 is 17.6 Å². The van der Waals surface area contributed by atoms with Crippen molar-refractivity contribution in [2.75, 3.05) is 25.0 Å². The summed E-state index contributed by atoms with van der Waals surface area (Å²) in [5, 5.41) is 3.20. The van der Waals surface area contributed by atoms with Crippen molar-refractivity contribution in [2.24, 2.45) is 0 Å². The lowest BCUT2D eigenvalue weighted by Gasteiger charge is -2.30. The molecular weight excluding hydrogens is 490 g/mol. The van der Waals surface area contributed by atoms with Crippen molar-refractivity contribution in [3.05, 3.63) is 89.4 Å². The molecule has 7 heteroatoms. The predicted molar refractivity (Wildman–Crippen MR) is 154 cm³/mol. The number of hydrogen-bond donors (Lipinski definition) is 1. The van der Waals surface area contributed by atoms with Crippen LogP contribution in [-0.4, -0.2) is 47.5 Å². The van der Waals surface area contributed by atoms with E-state index in [0.717, 1.165) is 35.2 Å². The Labute approximate surface area is 232 Å². The summed E-state index contributed by atoms with van der Waals surface area (Å²) in [6.45, 7) is 10.2. The zero-order valence-electron chi connectivity index (χ0n) is 23.6. The van der Waals surface area contributed by atoms with Crippen LogP contribution >= 0.6 is 0 Å². The average Bonchev–Trinajstić information content (AvgIpc) is 3.63. The highest BCUT2D eigenvalue weighted by molar-refractivity contribution is 5.94. The molecule has 1 aliphatic rings. The topological polar surface area (TPSA) is 75.0 Å². The van der Waals surface area contributed by atoms with Gasteiger partial charge in [0.05, 0.1) is 18.9 Å². The van der Waals surface area contributed by atoms with Gasteiger partial charge in [-0.1, -0.05) is 76.2 Å². The van der Waals surface area contributed by atoms with Gasteiger partial charge in [-0.05, 0) is 53.5 Å². The fourth-order valence-corrected chi connectivity index (χ4v) is 5.02. The number of furan rings is 1. The maximum atomic E-state index is 13.9. The number of nitrogens with zero attached hydrogens (tertiary/aromatic N) is 2. The average molecular weight is 532 g/mol. The first-order chi connectivity index (χ1) is 18.8. The van der Waals surface area contributed by atoms with E-state index in [1.165, 1.54) is 0 Å². The van der Waals surface area contributed by atoms with Gasteiger partial charge in [0.25, 0.3) is 0 Å². The van der Waals surface area contributed by atoms with Crippen LogP contribution in [0.5, 0.6) is 0 Å². The SMILES string of the molecule is CC(C)c1cccc(C(C)C)c1NC(=O)N(CC(=O)N(Cc1ccccc1)Cc1ccco1)CC1CCCO1. The lowest BCUT2D eigenvalue weighted by molar-refractivity contribution is -0.133. The van der Waals surface area contributed by atoms with Crippen LogP contribution in [-0.2, 0) is 22.6 Å². The van der Waals surface area contributed by atoms with Crippen molar-refractivity contribution < 1.29 is 18.7 Å². The smallest absolute Gasteiger partial charge is 0.322 e. The number of carbonyl (C=O) groups excluding carboxylic acids is 2. The molecule has 1 unspecified atom stereocenters. The molecule has 1 N–H and O–H groups in total. The number of hydrogen-bond acceptors (Lipinski definition) is 4. The monoisotopic (exact) mass is 531 g/mol. The quantitative estimate of drug-likeness (QED) is 0.296. The highest BCUT2D eigenvalue weighted by Crippen LogP contribution is 2.32. The first kappa shape index (κ1) is 28.4. The summed E-state index contributed by atoms with van der Waals surface area (Å²) in [5.41, 5.74) is 4.02. The molecule has 208 valence electrons. The molecule has 4 rings (SSSR count). The Morgan fingerprint density at radius 3 is 2.21 bits per heavy atom. The number of para-hydroxylation sites is 1. The van der Waals surface area contributed by atoms with Gasteiger partial charge >= 0.3 is 6.03 Å². The van der Waals surface area contributed by atoms with E-state index in [1.807, 2.05) is 48.5 Å². The third kappa shape index (κ3) is 7.73. The number of amides is 3. The number of carbonyl (C=O) groups is 2. The number of nitrogens with one attached hydrogen (secondary N) is 1. The van der Waals surface area contributed by atoms with Gasteiger partial charge in [-0.25, -0.2) is 4.79 Å². The first-order valence-corrected chi connectivity index (χ1v) is 14.0. The minimum Gasteiger partial charge on any atom is -0.467 e. The molecule has 0 saturated carbocycles. The molecule has 1 aromatic heterocycles. The lowest BCUT2D eigenvalue weighted by Crippen LogP contribution is -2.47. The Bertz CT molecular complexity index is 1180. The Kier molecular flexibility index (Phi) is 9.82. The molecule has 3 aromatic rings. The van der Waals surface area contributed by atoms with Crippen LogP contribution in [0.2, 0.25) is 0 Å². The van der Waals surface area contributed by atoms with E-state index in [0.29, 0.717) is 32.0 Å². The summed E-state index contributed by atoms with van der Waals surface area (Å²) < 4.78 is 11.4. The Balaban J connectivity index is 1.58. The number of rotatable bonds is 11. The maximum Gasteiger partial charge on any atom is 0.322 e. The second kappa shape index (κ2) is 13.5. The van der Waals surface area contributed by atoms with Crippen molar-refractivity contribution in [1.82, 2.24) is 9.80 Å². The number of anilines is 1. The Hall–Kier alpha value is -3.58. The molecule has 39 heavy (non-hydrogen) atoms. The first-order valence-electron chi connectivity index (χ1n) is 14.0. The van der Waals surface area contributed by atoms with Crippen LogP contribution < -0.4 is 5.32 Å². The van der Waals surface area contributed by atoms with E-state index < -0.39 is 0 Å². The zero-order valence-corrected chi connectivity index (χ0v) is 23.6. The molecule has 1 atom stereocenters. The molecule has 2 aromatic carbocycles. The molecule has 0 spiro atoms. The normalized spacial score (nSPS) is 15.1. The largest absolute Gasteiger partial charge is 0.467 e. The van der Waals surface area contributed by atoms with Gasteiger partial charge in [0, 0.05) is 25.4 Å². The van der Waals surface area contributed by atoms with Crippen LogP contribution in [0.3, 0.4) is 0 Å². The second-order valence-corrected chi connectivity index (χ2v) is 10.9. The van der Waals surface area contributed by atoms with Gasteiger partial charge < -0.3 is 24.3 Å². The standard InChI is InChI=1S/C32H41N3O4/c1-23(2)28-15-8-16-29(24(3)4)31(28)33-32(37)35(21-27-14-10-18-39-27)22-30(36)34(20-26-13-9-17-38-26)19-25-11-6-5-7-12-25/h5-9,11-13,15-17,23-24,27H,10,14,18-22H2,1-4H3,(H,33,37). The predicted octanol–water partition coefficient (Wildman–Crippen LogP) is 6.77. The van der Waals surface area contributed by atoms with Gasteiger partial charge in [-0.15, -0.1) is 0 Å². The van der Waals surface area contributed by atoms with Gasteiger partial charge in [0.2, 0.25) is 5.91 Å². The number of benzene rings is 2. The molecule has 0 bridgehead atoms. The Morgan fingerprint density at radius 2 is 1.62 bits per heavy atom. The highest BCUT2D eigenvalue weighted by atomic mass is 16.5. The number of ether oxygens (including phenoxy) is 1. The molecule has 0 aliphatic carbocycles. The Morgan fingerprint density at radius 1 is 0.897 bits per heavy atom. The molecule has 0 radical (unpaired) electrons. The van der Waals surface area contributed by atoms with Crippen LogP contribution in [0.15, 0.2) is 71.3 Å². The minimum absolute atomic E-state index is 0.0555. The summed E-state index contributed by atoms with van der Waals surface area (Å²) in [6.07, 6.45) is 3.36. The third-order valence-electron chi connectivity index (χ3n) is 7.16. The molecule has 1 fully saturated rings. The van der Waals surface area contributed by atoms with E-state index >= 15 is 0 Å². The van der Waals surface area contributed by atoms with Crippen molar-refractivity contribution in [1.29, 1.82) is 0 Å². The van der Waals surface area contributed by atoms with Crippen molar-refractivity contribution in [2.45, 2.75) is 71.6 Å². The highest BCUT2D eigenvalue weighted by Gasteiger charge is 2.28. The van der Waals surface area contributed by atoms with Gasteiger partial charge in [-0.2, -0.15) is 0 Å². The lowest BCUT2D eigenvalue weighted by atomic mass is 9.93. The summed E-state index contributed by atoms with van der Waals surface area (Å²) in [7, 11) is 0. The van der Waals surface area contributed by atoms with Gasteiger partial charge in [0.15, 0.2) is 0 Å². The number of urea groups is 1. The van der Waals surface area contributed by atoms with Crippen molar-refractivity contribution in [3.63, 3.8) is 0 Å². The van der Waals surface area contributed by atoms with Crippen LogP contribution in [0.25, 0.3) is 0 Å². The molecule has 1 aliphatic heterocycles. The fraction of sp³-hybridized carbons (Fsp3) is 0.438. The molecule has 3 amide bonds. The van der Waals surface area contributed by atoms with Crippen LogP contribution in [0, 0.1) is 0 Å². The molecule has 7 nitrogen and oxygen atoms in total. The van der Waals surface area contributed by atoms with E-state index in [2.05, 4.69) is 45.1 Å². The fourth-order valence-electron chi connectivity index (χ4n) is 5.02. The zero-order chi connectivity index (χ0) is 27.8. The van der Waals surface area contributed by atoms with E-state index in [4.69, 9.17) is 9.15 Å². The van der Waals surface area contributed by atoms with Gasteiger partial charge in [-0.3, -0.25) is 4.79 Å². The van der Waals surface area contributed by atoms with E-state index in [1.54, 1.807) is 16.1 Å². The second-order valence-electron chi connectivity index (χ2n) is 10.9. The van der Waals surface area contributed by atoms with Crippen molar-refractivity contribution in [3.8, 4) is 0 Å². The minimum atomic E-state index is -0.286. The molecule has 1 saturated heterocycles. The summed E-state index contributed by atoms with van der Waals surface area (Å²) >= 11 is 0. The summed E-state index contributed by atoms with van der Waals surface area (Å²) in [5.74, 6) is 1.02. The van der Waals surface area contributed by atoms with Crippen LogP contribution in [0.4, 0.5) is 10.5 Å².